The lowest BCUT2D eigenvalue weighted by Gasteiger charge is -2.36. The van der Waals surface area contributed by atoms with Gasteiger partial charge in [0, 0.05) is 29.2 Å². The fourth-order valence-electron chi connectivity index (χ4n) is 3.35. The Kier molecular flexibility index (Phi) is 6.56. The standard InChI is InChI=1S/C19H20ClFN4O5/c1-29-15(26)8-14(18(27)30-2)24-19(28)25-6-5-13-16(23-9-22-13)17(25)11-4-3-10(20)7-12(11)21/h3-4,7,9,14,17H,5-6,8H2,1-2H3,(H,22,23)(H,24,28)/t14-,17+/m1/s1. The molecule has 0 aliphatic carbocycles. The molecule has 9 nitrogen and oxygen atoms in total. The van der Waals surface area contributed by atoms with Gasteiger partial charge >= 0.3 is 18.0 Å². The summed E-state index contributed by atoms with van der Waals surface area (Å²) in [5.74, 6) is -2.10. The van der Waals surface area contributed by atoms with Crippen molar-refractivity contribution in [3.05, 3.63) is 52.3 Å². The number of H-pyrrole nitrogens is 1. The average molecular weight is 439 g/mol. The molecule has 160 valence electrons. The third-order valence-electron chi connectivity index (χ3n) is 4.82. The van der Waals surface area contributed by atoms with Crippen LogP contribution in [0.25, 0.3) is 0 Å². The molecular formula is C19H20ClFN4O5. The topological polar surface area (TPSA) is 114 Å². The van der Waals surface area contributed by atoms with Crippen molar-refractivity contribution >= 4 is 29.6 Å². The van der Waals surface area contributed by atoms with Gasteiger partial charge in [0.15, 0.2) is 0 Å². The first-order chi connectivity index (χ1) is 14.3. The fourth-order valence-corrected chi connectivity index (χ4v) is 3.51. The number of aromatic nitrogens is 2. The maximum atomic E-state index is 14.7. The number of urea groups is 1. The summed E-state index contributed by atoms with van der Waals surface area (Å²) in [6.45, 7) is 0.222. The molecule has 2 N–H and O–H groups in total. The summed E-state index contributed by atoms with van der Waals surface area (Å²) in [6, 6.07) is 1.37. The Morgan fingerprint density at radius 3 is 2.80 bits per heavy atom. The van der Waals surface area contributed by atoms with Crippen LogP contribution in [0.15, 0.2) is 24.5 Å². The number of hydrogen-bond donors (Lipinski definition) is 2. The number of carbonyl (C=O) groups is 3. The van der Waals surface area contributed by atoms with Crippen molar-refractivity contribution in [3.8, 4) is 0 Å². The van der Waals surface area contributed by atoms with Gasteiger partial charge in [0.1, 0.15) is 17.9 Å². The number of fused-ring (bicyclic) bond motifs is 1. The van der Waals surface area contributed by atoms with E-state index in [0.29, 0.717) is 12.1 Å². The molecule has 0 unspecified atom stereocenters. The second-order valence-corrected chi connectivity index (χ2v) is 7.02. The number of rotatable bonds is 5. The average Bonchev–Trinajstić information content (AvgIpc) is 3.21. The molecule has 3 rings (SSSR count). The molecule has 0 radical (unpaired) electrons. The fraction of sp³-hybridized carbons (Fsp3) is 0.368. The van der Waals surface area contributed by atoms with Crippen molar-refractivity contribution < 1.29 is 28.2 Å². The van der Waals surface area contributed by atoms with Gasteiger partial charge in [-0.1, -0.05) is 17.7 Å². The number of esters is 2. The highest BCUT2D eigenvalue weighted by atomic mass is 35.5. The monoisotopic (exact) mass is 438 g/mol. The molecule has 0 spiro atoms. The third kappa shape index (κ3) is 4.38. The third-order valence-corrected chi connectivity index (χ3v) is 5.06. The van der Waals surface area contributed by atoms with E-state index in [9.17, 15) is 18.8 Å². The van der Waals surface area contributed by atoms with Crippen LogP contribution in [0, 0.1) is 5.82 Å². The van der Waals surface area contributed by atoms with E-state index in [1.807, 2.05) is 0 Å². The number of nitrogens with one attached hydrogen (secondary N) is 2. The van der Waals surface area contributed by atoms with Crippen molar-refractivity contribution in [2.45, 2.75) is 24.9 Å². The molecule has 1 aliphatic heterocycles. The van der Waals surface area contributed by atoms with Crippen molar-refractivity contribution in [1.82, 2.24) is 20.2 Å². The summed E-state index contributed by atoms with van der Waals surface area (Å²) in [5, 5.41) is 2.70. The van der Waals surface area contributed by atoms with Gasteiger partial charge in [-0.3, -0.25) is 4.79 Å². The molecule has 30 heavy (non-hydrogen) atoms. The van der Waals surface area contributed by atoms with Crippen LogP contribution >= 0.6 is 11.6 Å². The van der Waals surface area contributed by atoms with Gasteiger partial charge in [0.05, 0.1) is 32.7 Å². The molecule has 11 heteroatoms. The lowest BCUT2D eigenvalue weighted by Crippen LogP contribution is -2.52. The second kappa shape index (κ2) is 9.12. The molecule has 2 amide bonds. The molecule has 1 aliphatic rings. The quantitative estimate of drug-likeness (QED) is 0.690. The van der Waals surface area contributed by atoms with E-state index < -0.39 is 42.3 Å². The number of halogens is 2. The highest BCUT2D eigenvalue weighted by Crippen LogP contribution is 2.35. The zero-order valence-electron chi connectivity index (χ0n) is 16.3. The summed E-state index contributed by atoms with van der Waals surface area (Å²) in [5.41, 5.74) is 1.46. The van der Waals surface area contributed by atoms with Gasteiger partial charge in [-0.25, -0.2) is 19.0 Å². The van der Waals surface area contributed by atoms with Gasteiger partial charge < -0.3 is 24.7 Å². The Hall–Kier alpha value is -3.14. The number of benzene rings is 1. The number of aromatic amines is 1. The van der Waals surface area contributed by atoms with E-state index in [0.717, 1.165) is 18.9 Å². The van der Waals surface area contributed by atoms with E-state index in [4.69, 9.17) is 11.6 Å². The minimum atomic E-state index is -1.26. The highest BCUT2D eigenvalue weighted by molar-refractivity contribution is 6.30. The first-order valence-electron chi connectivity index (χ1n) is 9.04. The van der Waals surface area contributed by atoms with E-state index in [-0.39, 0.29) is 17.1 Å². The zero-order valence-corrected chi connectivity index (χ0v) is 17.0. The predicted molar refractivity (Wildman–Crippen MR) is 103 cm³/mol. The lowest BCUT2D eigenvalue weighted by molar-refractivity contribution is -0.149. The number of hydrogen-bond acceptors (Lipinski definition) is 6. The minimum absolute atomic E-state index is 0.199. The zero-order chi connectivity index (χ0) is 21.8. The molecular weight excluding hydrogens is 419 g/mol. The SMILES string of the molecule is COC(=O)C[C@@H](NC(=O)N1CCc2[nH]cnc2[C@@H]1c1ccc(Cl)cc1F)C(=O)OC. The molecule has 0 saturated carbocycles. The van der Waals surface area contributed by atoms with Crippen LogP contribution in [-0.2, 0) is 25.5 Å². The van der Waals surface area contributed by atoms with Crippen molar-refractivity contribution in [2.24, 2.45) is 0 Å². The number of methoxy groups -OCH3 is 2. The van der Waals surface area contributed by atoms with Crippen LogP contribution in [0.3, 0.4) is 0 Å². The van der Waals surface area contributed by atoms with Crippen LogP contribution in [0.5, 0.6) is 0 Å². The van der Waals surface area contributed by atoms with Gasteiger partial charge in [0.25, 0.3) is 0 Å². The Morgan fingerprint density at radius 2 is 2.13 bits per heavy atom. The Labute approximate surface area is 176 Å². The molecule has 0 fully saturated rings. The summed E-state index contributed by atoms with van der Waals surface area (Å²) in [7, 11) is 2.31. The number of amides is 2. The van der Waals surface area contributed by atoms with Gasteiger partial charge in [0.2, 0.25) is 0 Å². The van der Waals surface area contributed by atoms with Gasteiger partial charge in [-0.15, -0.1) is 0 Å². The predicted octanol–water partition coefficient (Wildman–Crippen LogP) is 1.96. The summed E-state index contributed by atoms with van der Waals surface area (Å²) in [6.07, 6.45) is 1.52. The molecule has 2 atom stereocenters. The number of ether oxygens (including phenoxy) is 2. The largest absolute Gasteiger partial charge is 0.469 e. The molecule has 1 aromatic heterocycles. The Bertz CT molecular complexity index is 966. The van der Waals surface area contributed by atoms with E-state index >= 15 is 0 Å². The van der Waals surface area contributed by atoms with Crippen molar-refractivity contribution in [3.63, 3.8) is 0 Å². The Balaban J connectivity index is 1.93. The van der Waals surface area contributed by atoms with Crippen LogP contribution < -0.4 is 5.32 Å². The summed E-state index contributed by atoms with van der Waals surface area (Å²) >= 11 is 5.87. The molecule has 1 aromatic carbocycles. The number of imidazole rings is 1. The normalized spacial score (nSPS) is 16.4. The van der Waals surface area contributed by atoms with Crippen LogP contribution in [0.4, 0.5) is 9.18 Å². The van der Waals surface area contributed by atoms with Crippen molar-refractivity contribution in [1.29, 1.82) is 0 Å². The van der Waals surface area contributed by atoms with Gasteiger partial charge in [-0.05, 0) is 12.1 Å². The van der Waals surface area contributed by atoms with E-state index in [2.05, 4.69) is 24.8 Å². The summed E-state index contributed by atoms with van der Waals surface area (Å²) < 4.78 is 23.9. The van der Waals surface area contributed by atoms with Gasteiger partial charge in [-0.2, -0.15) is 0 Å². The van der Waals surface area contributed by atoms with Crippen molar-refractivity contribution in [2.75, 3.05) is 20.8 Å². The van der Waals surface area contributed by atoms with E-state index in [1.54, 1.807) is 0 Å². The maximum Gasteiger partial charge on any atom is 0.329 e. The number of nitrogens with zero attached hydrogens (tertiary/aromatic N) is 2. The van der Waals surface area contributed by atoms with E-state index in [1.165, 1.54) is 30.5 Å². The maximum absolute atomic E-state index is 14.7. The first kappa shape index (κ1) is 21.6. The highest BCUT2D eigenvalue weighted by Gasteiger charge is 2.37. The second-order valence-electron chi connectivity index (χ2n) is 6.58. The first-order valence-corrected chi connectivity index (χ1v) is 9.42. The van der Waals surface area contributed by atoms with Crippen LogP contribution in [0.1, 0.15) is 29.4 Å². The van der Waals surface area contributed by atoms with Crippen LogP contribution in [0.2, 0.25) is 5.02 Å². The smallest absolute Gasteiger partial charge is 0.329 e. The molecule has 2 heterocycles. The molecule has 0 saturated heterocycles. The molecule has 2 aromatic rings. The lowest BCUT2D eigenvalue weighted by atomic mass is 9.95. The molecule has 0 bridgehead atoms. The van der Waals surface area contributed by atoms with Crippen LogP contribution in [-0.4, -0.2) is 59.6 Å². The number of carbonyl (C=O) groups excluding carboxylic acids is 3. The minimum Gasteiger partial charge on any atom is -0.469 e. The Morgan fingerprint density at radius 1 is 1.37 bits per heavy atom. The summed E-state index contributed by atoms with van der Waals surface area (Å²) in [4.78, 5) is 45.3.